The second-order valence-electron chi connectivity index (χ2n) is 4.65. The van der Waals surface area contributed by atoms with Crippen LogP contribution in [0.1, 0.15) is 5.56 Å². The normalized spacial score (nSPS) is 11.2. The van der Waals surface area contributed by atoms with Crippen molar-refractivity contribution >= 4 is 44.0 Å². The fraction of sp³-hybridized carbons (Fsp3) is 0.143. The van der Waals surface area contributed by atoms with E-state index in [9.17, 15) is 18.5 Å². The lowest BCUT2D eigenvalue weighted by Crippen LogP contribution is -2.26. The first kappa shape index (κ1) is 16.7. The van der Waals surface area contributed by atoms with Crippen LogP contribution >= 0.6 is 22.6 Å². The van der Waals surface area contributed by atoms with E-state index in [1.807, 2.05) is 0 Å². The lowest BCUT2D eigenvalue weighted by Gasteiger charge is -2.19. The monoisotopic (exact) mass is 432 g/mol. The second-order valence-corrected chi connectivity index (χ2v) is 7.87. The molecule has 0 atom stereocenters. The van der Waals surface area contributed by atoms with Gasteiger partial charge in [-0.1, -0.05) is 6.07 Å². The van der Waals surface area contributed by atoms with Gasteiger partial charge >= 0.3 is 0 Å². The highest BCUT2D eigenvalue weighted by molar-refractivity contribution is 14.1. The highest BCUT2D eigenvalue weighted by Gasteiger charge is 2.24. The summed E-state index contributed by atoms with van der Waals surface area (Å²) in [5.74, 6) is 0. The molecule has 2 rings (SSSR count). The number of halogens is 1. The molecule has 6 nitrogen and oxygen atoms in total. The summed E-state index contributed by atoms with van der Waals surface area (Å²) in [5, 5.41) is 11.0. The van der Waals surface area contributed by atoms with E-state index < -0.39 is 14.9 Å². The molecule has 0 aliphatic rings. The largest absolute Gasteiger partial charge is 0.273 e. The summed E-state index contributed by atoms with van der Waals surface area (Å²) in [6.45, 7) is 1.57. The van der Waals surface area contributed by atoms with Crippen LogP contribution in [-0.4, -0.2) is 20.4 Å². The number of rotatable bonds is 4. The zero-order valence-corrected chi connectivity index (χ0v) is 14.8. The van der Waals surface area contributed by atoms with Crippen LogP contribution in [0, 0.1) is 20.6 Å². The van der Waals surface area contributed by atoms with Crippen LogP contribution in [0.5, 0.6) is 0 Å². The number of sulfonamides is 1. The average Bonchev–Trinajstić information content (AvgIpc) is 2.47. The standard InChI is InChI=1S/C14H13IN2O4S/c1-10-3-8-13(9-14(10)17(18)19)22(20,21)16(2)12-6-4-11(15)5-7-12/h3-9H,1-2H3. The van der Waals surface area contributed by atoms with Gasteiger partial charge in [0, 0.05) is 22.2 Å². The summed E-state index contributed by atoms with van der Waals surface area (Å²) in [6.07, 6.45) is 0. The van der Waals surface area contributed by atoms with Gasteiger partial charge in [0.25, 0.3) is 15.7 Å². The minimum Gasteiger partial charge on any atom is -0.269 e. The van der Waals surface area contributed by atoms with Gasteiger partial charge in [0.05, 0.1) is 15.5 Å². The number of aryl methyl sites for hydroxylation is 1. The van der Waals surface area contributed by atoms with Gasteiger partial charge in [-0.05, 0) is 59.8 Å². The fourth-order valence-corrected chi connectivity index (χ4v) is 3.47. The van der Waals surface area contributed by atoms with Crippen molar-refractivity contribution in [1.82, 2.24) is 0 Å². The summed E-state index contributed by atoms with van der Waals surface area (Å²) >= 11 is 2.12. The van der Waals surface area contributed by atoms with Crippen LogP contribution in [0.15, 0.2) is 47.4 Å². The number of nitro benzene ring substituents is 1. The summed E-state index contributed by atoms with van der Waals surface area (Å²) in [6, 6.07) is 10.9. The Hall–Kier alpha value is -1.68. The van der Waals surface area contributed by atoms with Crippen LogP contribution in [0.25, 0.3) is 0 Å². The number of hydrogen-bond donors (Lipinski definition) is 0. The fourth-order valence-electron chi connectivity index (χ4n) is 1.89. The molecule has 116 valence electrons. The predicted molar refractivity (Wildman–Crippen MR) is 92.6 cm³/mol. The first-order chi connectivity index (χ1) is 10.2. The zero-order chi connectivity index (χ0) is 16.5. The third-order valence-corrected chi connectivity index (χ3v) is 5.73. The number of hydrogen-bond acceptors (Lipinski definition) is 4. The third kappa shape index (κ3) is 3.22. The molecule has 0 heterocycles. The van der Waals surface area contributed by atoms with Crippen LogP contribution < -0.4 is 4.31 Å². The smallest absolute Gasteiger partial charge is 0.269 e. The third-order valence-electron chi connectivity index (χ3n) is 3.23. The van der Waals surface area contributed by atoms with Crippen LogP contribution in [0.4, 0.5) is 11.4 Å². The Balaban J connectivity index is 2.48. The molecular formula is C14H13IN2O4S. The van der Waals surface area contributed by atoms with Gasteiger partial charge in [-0.15, -0.1) is 0 Å². The molecule has 2 aromatic carbocycles. The maximum atomic E-state index is 12.6. The van der Waals surface area contributed by atoms with Gasteiger partial charge in [-0.3, -0.25) is 14.4 Å². The molecule has 0 aliphatic carbocycles. The molecular weight excluding hydrogens is 419 g/mol. The van der Waals surface area contributed by atoms with Gasteiger partial charge in [0.2, 0.25) is 0 Å². The first-order valence-electron chi connectivity index (χ1n) is 6.23. The Labute approximate surface area is 142 Å². The Morgan fingerprint density at radius 2 is 1.73 bits per heavy atom. The summed E-state index contributed by atoms with van der Waals surface area (Å²) < 4.78 is 27.3. The van der Waals surface area contributed by atoms with E-state index in [4.69, 9.17) is 0 Å². The van der Waals surface area contributed by atoms with Crippen molar-refractivity contribution in [3.8, 4) is 0 Å². The molecule has 0 saturated carbocycles. The highest BCUT2D eigenvalue weighted by atomic mass is 127. The van der Waals surface area contributed by atoms with Gasteiger partial charge < -0.3 is 0 Å². The Bertz CT molecular complexity index is 819. The zero-order valence-electron chi connectivity index (χ0n) is 11.9. The van der Waals surface area contributed by atoms with Crippen molar-refractivity contribution in [2.45, 2.75) is 11.8 Å². The highest BCUT2D eigenvalue weighted by Crippen LogP contribution is 2.27. The number of benzene rings is 2. The van der Waals surface area contributed by atoms with Crippen LogP contribution in [0.3, 0.4) is 0 Å². The van der Waals surface area contributed by atoms with Gasteiger partial charge in [-0.2, -0.15) is 0 Å². The van der Waals surface area contributed by atoms with Gasteiger partial charge in [-0.25, -0.2) is 8.42 Å². The van der Waals surface area contributed by atoms with Crippen molar-refractivity contribution in [1.29, 1.82) is 0 Å². The molecule has 8 heteroatoms. The van der Waals surface area contributed by atoms with Crippen molar-refractivity contribution < 1.29 is 13.3 Å². The quantitative estimate of drug-likeness (QED) is 0.422. The molecule has 2 aromatic rings. The topological polar surface area (TPSA) is 80.5 Å². The minimum atomic E-state index is -3.85. The first-order valence-corrected chi connectivity index (χ1v) is 8.75. The van der Waals surface area contributed by atoms with Crippen molar-refractivity contribution in [2.24, 2.45) is 0 Å². The van der Waals surface area contributed by atoms with Gasteiger partial charge in [0.1, 0.15) is 0 Å². The molecule has 0 radical (unpaired) electrons. The number of anilines is 1. The van der Waals surface area contributed by atoms with E-state index in [2.05, 4.69) is 22.6 Å². The lowest BCUT2D eigenvalue weighted by atomic mass is 10.2. The summed E-state index contributed by atoms with van der Waals surface area (Å²) in [7, 11) is -2.43. The molecule has 0 aromatic heterocycles. The average molecular weight is 432 g/mol. The molecule has 0 saturated heterocycles. The Morgan fingerprint density at radius 1 is 1.14 bits per heavy atom. The van der Waals surface area contributed by atoms with E-state index in [0.717, 1.165) is 13.9 Å². The second kappa shape index (κ2) is 6.21. The molecule has 0 spiro atoms. The van der Waals surface area contributed by atoms with E-state index >= 15 is 0 Å². The molecule has 0 unspecified atom stereocenters. The molecule has 0 bridgehead atoms. The van der Waals surface area contributed by atoms with Crippen molar-refractivity contribution in [3.05, 3.63) is 61.7 Å². The molecule has 22 heavy (non-hydrogen) atoms. The van der Waals surface area contributed by atoms with E-state index in [1.165, 1.54) is 19.2 Å². The molecule has 0 amide bonds. The Kier molecular flexibility index (Phi) is 4.71. The number of nitrogens with zero attached hydrogens (tertiary/aromatic N) is 2. The maximum absolute atomic E-state index is 12.6. The molecule has 0 aliphatic heterocycles. The van der Waals surface area contributed by atoms with Gasteiger partial charge in [0.15, 0.2) is 0 Å². The van der Waals surface area contributed by atoms with Crippen LogP contribution in [-0.2, 0) is 10.0 Å². The SMILES string of the molecule is Cc1ccc(S(=O)(=O)N(C)c2ccc(I)cc2)cc1[N+](=O)[O-]. The van der Waals surface area contributed by atoms with E-state index in [1.54, 1.807) is 31.2 Å². The van der Waals surface area contributed by atoms with E-state index in [-0.39, 0.29) is 10.6 Å². The predicted octanol–water partition coefficient (Wildman–Crippen LogP) is 3.33. The van der Waals surface area contributed by atoms with E-state index in [0.29, 0.717) is 11.3 Å². The Morgan fingerprint density at radius 3 is 2.27 bits per heavy atom. The van der Waals surface area contributed by atoms with Crippen LogP contribution in [0.2, 0.25) is 0 Å². The van der Waals surface area contributed by atoms with Crippen molar-refractivity contribution in [2.75, 3.05) is 11.4 Å². The summed E-state index contributed by atoms with van der Waals surface area (Å²) in [4.78, 5) is 10.3. The van der Waals surface area contributed by atoms with Crippen molar-refractivity contribution in [3.63, 3.8) is 0 Å². The lowest BCUT2D eigenvalue weighted by molar-refractivity contribution is -0.385. The summed E-state index contributed by atoms with van der Waals surface area (Å²) in [5.41, 5.74) is 0.696. The maximum Gasteiger partial charge on any atom is 0.273 e. The molecule has 0 N–H and O–H groups in total. The number of nitro groups is 1. The minimum absolute atomic E-state index is 0.106. The molecule has 0 fully saturated rings.